The Morgan fingerprint density at radius 1 is 1.15 bits per heavy atom. The molecule has 2 fully saturated rings. The summed E-state index contributed by atoms with van der Waals surface area (Å²) in [7, 11) is -3.73. The van der Waals surface area contributed by atoms with Gasteiger partial charge in [0.05, 0.1) is 22.0 Å². The molecular weight excluding hydrogens is 595 g/mol. The predicted molar refractivity (Wildman–Crippen MR) is 154 cm³/mol. The van der Waals surface area contributed by atoms with Gasteiger partial charge in [-0.25, -0.2) is 17.8 Å². The van der Waals surface area contributed by atoms with Crippen molar-refractivity contribution in [3.8, 4) is 5.75 Å². The topological polar surface area (TPSA) is 146 Å². The molecule has 41 heavy (non-hydrogen) atoms. The number of piperidine rings is 1. The van der Waals surface area contributed by atoms with Crippen molar-refractivity contribution in [3.05, 3.63) is 56.1 Å². The molecule has 0 radical (unpaired) electrons. The van der Waals surface area contributed by atoms with Crippen LogP contribution in [-0.4, -0.2) is 69.6 Å². The molecule has 2 atom stereocenters. The largest absolute Gasteiger partial charge is 0.501 e. The third-order valence-electron chi connectivity index (χ3n) is 7.33. The number of nitrogens with one attached hydrogen (secondary N) is 1. The summed E-state index contributed by atoms with van der Waals surface area (Å²) in [4.78, 5) is 45.9. The van der Waals surface area contributed by atoms with E-state index in [9.17, 15) is 27.9 Å². The number of amides is 2. The number of anilines is 1. The number of benzene rings is 1. The summed E-state index contributed by atoms with van der Waals surface area (Å²) < 4.78 is 28.9. The first-order chi connectivity index (χ1) is 19.4. The van der Waals surface area contributed by atoms with Gasteiger partial charge in [-0.1, -0.05) is 43.1 Å². The number of imidazole rings is 1. The highest BCUT2D eigenvalue weighted by atomic mass is 35.5. The van der Waals surface area contributed by atoms with Crippen molar-refractivity contribution in [3.63, 3.8) is 0 Å². The zero-order valence-corrected chi connectivity index (χ0v) is 24.8. The minimum atomic E-state index is -3.73. The molecule has 12 nitrogen and oxygen atoms in total. The van der Waals surface area contributed by atoms with Gasteiger partial charge in [-0.2, -0.15) is 0 Å². The van der Waals surface area contributed by atoms with Crippen molar-refractivity contribution in [1.82, 2.24) is 24.2 Å². The molecule has 2 saturated heterocycles. The second-order valence-electron chi connectivity index (χ2n) is 10.8. The summed E-state index contributed by atoms with van der Waals surface area (Å²) >= 11 is 12.0. The summed E-state index contributed by atoms with van der Waals surface area (Å²) in [6.45, 7) is 5.18. The highest BCUT2D eigenvalue weighted by Crippen LogP contribution is 2.28. The SMILES string of the molecule is CC1CC(C)CN(C(=O)Cn2cc(N3CCCS3(=O)=O)n3c(=O)c(O)c(C(=O)NCc4ccc(Cl)c(Cl)c4)nc23)C1. The molecule has 3 aromatic rings. The number of aromatic hydroxyl groups is 1. The maximum Gasteiger partial charge on any atom is 0.303 e. The van der Waals surface area contributed by atoms with Crippen LogP contribution in [0.3, 0.4) is 0 Å². The number of fused-ring (bicyclic) bond motifs is 1. The molecule has 220 valence electrons. The van der Waals surface area contributed by atoms with E-state index in [1.807, 2.05) is 0 Å². The van der Waals surface area contributed by atoms with Gasteiger partial charge in [0.1, 0.15) is 12.4 Å². The Bertz CT molecular complexity index is 1690. The van der Waals surface area contributed by atoms with Gasteiger partial charge >= 0.3 is 5.56 Å². The molecule has 0 saturated carbocycles. The molecule has 0 bridgehead atoms. The monoisotopic (exact) mass is 624 g/mol. The molecule has 5 rings (SSSR count). The van der Waals surface area contributed by atoms with Gasteiger partial charge < -0.3 is 19.9 Å². The van der Waals surface area contributed by atoms with Crippen molar-refractivity contribution >= 4 is 56.6 Å². The minimum Gasteiger partial charge on any atom is -0.501 e. The van der Waals surface area contributed by atoms with Gasteiger partial charge in [0, 0.05) is 26.2 Å². The Morgan fingerprint density at radius 3 is 2.49 bits per heavy atom. The van der Waals surface area contributed by atoms with Crippen molar-refractivity contribution in [2.45, 2.75) is 39.8 Å². The maximum atomic E-state index is 13.4. The quantitative estimate of drug-likeness (QED) is 0.428. The normalized spacial score (nSPS) is 20.5. The number of likely N-dealkylation sites (tertiary alicyclic amines) is 1. The number of rotatable bonds is 6. The predicted octanol–water partition coefficient (Wildman–Crippen LogP) is 2.48. The fraction of sp³-hybridized carbons (Fsp3) is 0.462. The highest BCUT2D eigenvalue weighted by molar-refractivity contribution is 7.93. The molecule has 2 amide bonds. The van der Waals surface area contributed by atoms with Crippen LogP contribution >= 0.6 is 23.2 Å². The van der Waals surface area contributed by atoms with E-state index in [2.05, 4.69) is 24.1 Å². The Balaban J connectivity index is 1.54. The summed E-state index contributed by atoms with van der Waals surface area (Å²) in [6, 6.07) is 4.79. The lowest BCUT2D eigenvalue weighted by molar-refractivity contribution is -0.134. The standard InChI is InChI=1S/C26H30Cl2N6O6S/c1-15-8-16(2)12-31(11-15)21(35)14-32-13-20(33-6-3-7-41(33,39)40)34-25(38)23(36)22(30-26(32)34)24(37)29-10-17-4-5-18(27)19(28)9-17/h4-5,9,13,15-16,36H,3,6-8,10-12,14H2,1-2H3,(H,29,37). The average molecular weight is 626 g/mol. The van der Waals surface area contributed by atoms with Crippen LogP contribution in [0.1, 0.15) is 42.7 Å². The fourth-order valence-corrected chi connectivity index (χ4v) is 7.39. The molecule has 1 aromatic carbocycles. The number of carbonyl (C=O) groups is 2. The van der Waals surface area contributed by atoms with Gasteiger partial charge in [-0.15, -0.1) is 0 Å². The van der Waals surface area contributed by atoms with Gasteiger partial charge in [0.2, 0.25) is 27.5 Å². The van der Waals surface area contributed by atoms with E-state index in [0.717, 1.165) is 15.1 Å². The van der Waals surface area contributed by atoms with Crippen molar-refractivity contribution in [2.24, 2.45) is 11.8 Å². The van der Waals surface area contributed by atoms with Crippen LogP contribution in [0.5, 0.6) is 5.75 Å². The molecule has 2 aliphatic heterocycles. The van der Waals surface area contributed by atoms with Crippen LogP contribution < -0.4 is 15.2 Å². The van der Waals surface area contributed by atoms with Gasteiger partial charge in [-0.3, -0.25) is 18.7 Å². The first kappa shape index (κ1) is 29.2. The summed E-state index contributed by atoms with van der Waals surface area (Å²) in [5.74, 6) is -1.69. The van der Waals surface area contributed by atoms with E-state index < -0.39 is 32.9 Å². The van der Waals surface area contributed by atoms with Gasteiger partial charge in [0.25, 0.3) is 5.91 Å². The number of sulfonamides is 1. The lowest BCUT2D eigenvalue weighted by atomic mass is 9.92. The molecule has 2 aromatic heterocycles. The number of hydrogen-bond donors (Lipinski definition) is 2. The number of hydrogen-bond acceptors (Lipinski definition) is 7. The van der Waals surface area contributed by atoms with Crippen molar-refractivity contribution in [2.75, 3.05) is 29.7 Å². The van der Waals surface area contributed by atoms with Crippen molar-refractivity contribution in [1.29, 1.82) is 0 Å². The highest BCUT2D eigenvalue weighted by Gasteiger charge is 2.34. The molecule has 4 heterocycles. The first-order valence-electron chi connectivity index (χ1n) is 13.2. The molecular formula is C26H30Cl2N6O6S. The van der Waals surface area contributed by atoms with E-state index in [1.54, 1.807) is 23.1 Å². The van der Waals surface area contributed by atoms with Crippen LogP contribution in [0.4, 0.5) is 5.82 Å². The summed E-state index contributed by atoms with van der Waals surface area (Å²) in [6.07, 6.45) is 2.71. The smallest absolute Gasteiger partial charge is 0.303 e. The number of carbonyl (C=O) groups excluding carboxylic acids is 2. The van der Waals surface area contributed by atoms with Gasteiger partial charge in [-0.05, 0) is 42.4 Å². The van der Waals surface area contributed by atoms with Crippen LogP contribution in [0, 0.1) is 11.8 Å². The Labute approximate surface area is 246 Å². The molecule has 0 spiro atoms. The average Bonchev–Trinajstić information content (AvgIpc) is 3.44. The summed E-state index contributed by atoms with van der Waals surface area (Å²) in [5, 5.41) is 14.0. The third kappa shape index (κ3) is 5.75. The maximum absolute atomic E-state index is 13.4. The lowest BCUT2D eigenvalue weighted by Crippen LogP contribution is -2.44. The van der Waals surface area contributed by atoms with Crippen LogP contribution in [0.25, 0.3) is 5.78 Å². The Morgan fingerprint density at radius 2 is 1.85 bits per heavy atom. The zero-order valence-electron chi connectivity index (χ0n) is 22.5. The van der Waals surface area contributed by atoms with Crippen molar-refractivity contribution < 1.29 is 23.1 Å². The van der Waals surface area contributed by atoms with Crippen LogP contribution in [0.15, 0.2) is 29.2 Å². The third-order valence-corrected chi connectivity index (χ3v) is 9.92. The molecule has 2 unspecified atom stereocenters. The Hall–Kier alpha value is -3.29. The molecule has 2 aliphatic rings. The molecule has 15 heteroatoms. The van der Waals surface area contributed by atoms with Crippen LogP contribution in [-0.2, 0) is 27.9 Å². The van der Waals surface area contributed by atoms with E-state index in [1.165, 1.54) is 10.8 Å². The zero-order chi connectivity index (χ0) is 29.6. The molecule has 2 N–H and O–H groups in total. The molecule has 0 aliphatic carbocycles. The number of aromatic nitrogens is 3. The second kappa shape index (κ2) is 11.2. The first-order valence-corrected chi connectivity index (χ1v) is 15.6. The van der Waals surface area contributed by atoms with E-state index in [-0.39, 0.29) is 42.9 Å². The van der Waals surface area contributed by atoms with E-state index in [4.69, 9.17) is 23.2 Å². The van der Waals surface area contributed by atoms with Crippen LogP contribution in [0.2, 0.25) is 10.0 Å². The minimum absolute atomic E-state index is 0.00168. The summed E-state index contributed by atoms with van der Waals surface area (Å²) in [5.41, 5.74) is -0.971. The lowest BCUT2D eigenvalue weighted by Gasteiger charge is -2.35. The second-order valence-corrected chi connectivity index (χ2v) is 13.6. The van der Waals surface area contributed by atoms with E-state index >= 15 is 0 Å². The van der Waals surface area contributed by atoms with E-state index in [0.29, 0.717) is 47.0 Å². The van der Waals surface area contributed by atoms with Gasteiger partial charge in [0.15, 0.2) is 5.69 Å². The Kier molecular flexibility index (Phi) is 7.96. The number of halogens is 2. The number of nitrogens with zero attached hydrogens (tertiary/aromatic N) is 5. The fourth-order valence-electron chi connectivity index (χ4n) is 5.53.